The first-order valence-electron chi connectivity index (χ1n) is 3.78. The van der Waals surface area contributed by atoms with E-state index in [0.717, 1.165) is 5.52 Å². The van der Waals surface area contributed by atoms with E-state index in [1.165, 1.54) is 0 Å². The molecule has 66 valence electrons. The minimum absolute atomic E-state index is 0.451. The third kappa shape index (κ3) is 1.14. The van der Waals surface area contributed by atoms with Crippen molar-refractivity contribution in [2.75, 3.05) is 0 Å². The number of amides is 1. The average Bonchev–Trinajstić information content (AvgIpc) is 2.47. The number of aromatic nitrogens is 3. The molecule has 0 atom stereocenters. The molecule has 0 aliphatic rings. The first-order valence-corrected chi connectivity index (χ1v) is 3.78. The summed E-state index contributed by atoms with van der Waals surface area (Å²) in [6, 6.07) is 5.06. The molecule has 0 aliphatic carbocycles. The molecule has 2 rings (SSSR count). The Morgan fingerprint density at radius 1 is 1.54 bits per heavy atom. The molecular weight excluding hydrogens is 168 g/mol. The number of nitrogens with zero attached hydrogens (tertiary/aromatic N) is 3. The minimum atomic E-state index is -0.451. The van der Waals surface area contributed by atoms with Crippen LogP contribution in [0.2, 0.25) is 0 Å². The maximum atomic E-state index is 10.8. The highest BCUT2D eigenvalue weighted by Gasteiger charge is 2.04. The Hall–Kier alpha value is -1.91. The second-order valence-electron chi connectivity index (χ2n) is 2.78. The van der Waals surface area contributed by atoms with Crippen molar-refractivity contribution in [3.8, 4) is 0 Å². The van der Waals surface area contributed by atoms with Gasteiger partial charge in [0.25, 0.3) is 0 Å². The van der Waals surface area contributed by atoms with Gasteiger partial charge in [-0.2, -0.15) is 0 Å². The number of carbonyl (C=O) groups excluding carboxylic acids is 1. The lowest BCUT2D eigenvalue weighted by molar-refractivity contribution is 0.100. The zero-order chi connectivity index (χ0) is 9.42. The fraction of sp³-hybridized carbons (Fsp3) is 0.125. The molecule has 13 heavy (non-hydrogen) atoms. The van der Waals surface area contributed by atoms with Crippen LogP contribution in [0.15, 0.2) is 18.2 Å². The van der Waals surface area contributed by atoms with E-state index in [2.05, 4.69) is 10.3 Å². The van der Waals surface area contributed by atoms with Crippen molar-refractivity contribution in [1.29, 1.82) is 0 Å². The van der Waals surface area contributed by atoms with Crippen molar-refractivity contribution in [3.05, 3.63) is 23.8 Å². The number of hydrogen-bond donors (Lipinski definition) is 1. The van der Waals surface area contributed by atoms with Gasteiger partial charge in [0.05, 0.1) is 5.52 Å². The monoisotopic (exact) mass is 176 g/mol. The third-order valence-corrected chi connectivity index (χ3v) is 1.90. The molecular formula is C8H8N4O. The van der Waals surface area contributed by atoms with Crippen LogP contribution in [0.5, 0.6) is 0 Å². The molecule has 1 aromatic heterocycles. The Bertz CT molecular complexity index is 474. The number of hydrogen-bond acceptors (Lipinski definition) is 3. The van der Waals surface area contributed by atoms with Crippen LogP contribution in [-0.4, -0.2) is 20.9 Å². The molecule has 1 amide bonds. The van der Waals surface area contributed by atoms with Gasteiger partial charge in [0.1, 0.15) is 5.52 Å². The van der Waals surface area contributed by atoms with Gasteiger partial charge in [-0.15, -0.1) is 5.10 Å². The zero-order valence-corrected chi connectivity index (χ0v) is 7.06. The highest BCUT2D eigenvalue weighted by molar-refractivity contribution is 5.96. The predicted octanol–water partition coefficient (Wildman–Crippen LogP) is 0.0672. The van der Waals surface area contributed by atoms with Gasteiger partial charge in [-0.05, 0) is 18.2 Å². The SMILES string of the molecule is Cn1nnc2cc(C(N)=O)ccc21. The maximum Gasteiger partial charge on any atom is 0.248 e. The summed E-state index contributed by atoms with van der Waals surface area (Å²) in [7, 11) is 1.79. The van der Waals surface area contributed by atoms with Crippen LogP contribution in [0.1, 0.15) is 10.4 Å². The topological polar surface area (TPSA) is 73.8 Å². The van der Waals surface area contributed by atoms with Gasteiger partial charge in [-0.1, -0.05) is 5.21 Å². The molecule has 2 N–H and O–H groups in total. The van der Waals surface area contributed by atoms with Crippen molar-refractivity contribution in [3.63, 3.8) is 0 Å². The molecule has 1 heterocycles. The number of nitrogens with two attached hydrogens (primary N) is 1. The summed E-state index contributed by atoms with van der Waals surface area (Å²) in [6.45, 7) is 0. The summed E-state index contributed by atoms with van der Waals surface area (Å²) in [6.07, 6.45) is 0. The summed E-state index contributed by atoms with van der Waals surface area (Å²) in [5.41, 5.74) is 7.13. The third-order valence-electron chi connectivity index (χ3n) is 1.90. The molecule has 5 nitrogen and oxygen atoms in total. The van der Waals surface area contributed by atoms with Crippen molar-refractivity contribution in [2.24, 2.45) is 12.8 Å². The molecule has 0 saturated carbocycles. The standard InChI is InChI=1S/C8H8N4O/c1-12-7-3-2-5(8(9)13)4-6(7)10-11-12/h2-4H,1H3,(H2,9,13). The van der Waals surface area contributed by atoms with Crippen LogP contribution in [0, 0.1) is 0 Å². The second kappa shape index (κ2) is 2.55. The summed E-state index contributed by atoms with van der Waals surface area (Å²) < 4.78 is 1.64. The molecule has 2 aromatic rings. The van der Waals surface area contributed by atoms with Gasteiger partial charge >= 0.3 is 0 Å². The van der Waals surface area contributed by atoms with Crippen LogP contribution < -0.4 is 5.73 Å². The Morgan fingerprint density at radius 3 is 3.00 bits per heavy atom. The molecule has 0 bridgehead atoms. The number of rotatable bonds is 1. The zero-order valence-electron chi connectivity index (χ0n) is 7.06. The molecule has 0 saturated heterocycles. The molecule has 0 radical (unpaired) electrons. The van der Waals surface area contributed by atoms with E-state index in [9.17, 15) is 4.79 Å². The summed E-state index contributed by atoms with van der Waals surface area (Å²) in [5.74, 6) is -0.451. The highest BCUT2D eigenvalue weighted by Crippen LogP contribution is 2.11. The van der Waals surface area contributed by atoms with E-state index in [4.69, 9.17) is 5.73 Å². The molecule has 0 unspecified atom stereocenters. The van der Waals surface area contributed by atoms with Crippen LogP contribution in [-0.2, 0) is 7.05 Å². The van der Waals surface area contributed by atoms with Gasteiger partial charge in [-0.3, -0.25) is 4.79 Å². The Morgan fingerprint density at radius 2 is 2.31 bits per heavy atom. The van der Waals surface area contributed by atoms with Crippen LogP contribution in [0.25, 0.3) is 11.0 Å². The Labute approximate surface area is 74.1 Å². The second-order valence-corrected chi connectivity index (χ2v) is 2.78. The van der Waals surface area contributed by atoms with Gasteiger partial charge in [0.2, 0.25) is 5.91 Å². The van der Waals surface area contributed by atoms with Crippen molar-refractivity contribution in [2.45, 2.75) is 0 Å². The Balaban J connectivity index is 2.70. The van der Waals surface area contributed by atoms with E-state index in [0.29, 0.717) is 11.1 Å². The Kier molecular flexibility index (Phi) is 1.51. The minimum Gasteiger partial charge on any atom is -0.366 e. The normalized spacial score (nSPS) is 10.5. The van der Waals surface area contributed by atoms with Crippen molar-refractivity contribution >= 4 is 16.9 Å². The summed E-state index contributed by atoms with van der Waals surface area (Å²) >= 11 is 0. The smallest absolute Gasteiger partial charge is 0.248 e. The lowest BCUT2D eigenvalue weighted by Gasteiger charge is -1.94. The quantitative estimate of drug-likeness (QED) is 0.668. The van der Waals surface area contributed by atoms with E-state index in [1.54, 1.807) is 29.9 Å². The number of aryl methyl sites for hydroxylation is 1. The lowest BCUT2D eigenvalue weighted by Crippen LogP contribution is -2.10. The molecule has 5 heteroatoms. The predicted molar refractivity (Wildman–Crippen MR) is 47.0 cm³/mol. The first kappa shape index (κ1) is 7.72. The fourth-order valence-electron chi connectivity index (χ4n) is 1.19. The fourth-order valence-corrected chi connectivity index (χ4v) is 1.19. The number of benzene rings is 1. The maximum absolute atomic E-state index is 10.8. The van der Waals surface area contributed by atoms with E-state index in [-0.39, 0.29) is 0 Å². The van der Waals surface area contributed by atoms with Gasteiger partial charge in [-0.25, -0.2) is 4.68 Å². The van der Waals surface area contributed by atoms with Crippen LogP contribution >= 0.6 is 0 Å². The molecule has 0 fully saturated rings. The van der Waals surface area contributed by atoms with Crippen molar-refractivity contribution in [1.82, 2.24) is 15.0 Å². The first-order chi connectivity index (χ1) is 6.18. The van der Waals surface area contributed by atoms with E-state index in [1.807, 2.05) is 0 Å². The number of carbonyl (C=O) groups is 1. The lowest BCUT2D eigenvalue weighted by atomic mass is 10.2. The average molecular weight is 176 g/mol. The summed E-state index contributed by atoms with van der Waals surface area (Å²) in [5, 5.41) is 7.68. The van der Waals surface area contributed by atoms with Gasteiger partial charge in [0.15, 0.2) is 0 Å². The number of primary amides is 1. The molecule has 0 aliphatic heterocycles. The molecule has 0 spiro atoms. The van der Waals surface area contributed by atoms with E-state index < -0.39 is 5.91 Å². The van der Waals surface area contributed by atoms with Crippen LogP contribution in [0.3, 0.4) is 0 Å². The number of fused-ring (bicyclic) bond motifs is 1. The summed E-state index contributed by atoms with van der Waals surface area (Å²) in [4.78, 5) is 10.8. The highest BCUT2D eigenvalue weighted by atomic mass is 16.1. The van der Waals surface area contributed by atoms with Gasteiger partial charge < -0.3 is 5.73 Å². The molecule has 1 aromatic carbocycles. The van der Waals surface area contributed by atoms with E-state index >= 15 is 0 Å². The van der Waals surface area contributed by atoms with Crippen LogP contribution in [0.4, 0.5) is 0 Å². The largest absolute Gasteiger partial charge is 0.366 e. The van der Waals surface area contributed by atoms with Crippen molar-refractivity contribution < 1.29 is 4.79 Å². The van der Waals surface area contributed by atoms with Gasteiger partial charge in [0, 0.05) is 12.6 Å².